The first-order valence-corrected chi connectivity index (χ1v) is 7.07. The molecule has 7 heteroatoms. The zero-order chi connectivity index (χ0) is 15.6. The van der Waals surface area contributed by atoms with Crippen LogP contribution in [0.4, 0.5) is 0 Å². The standard InChI is InChI=1S/C14H23N5O2/c1-11(20)19-8-7-18(9-12(19)14(21)16(2)3)10-13-15-5-6-17(13)4/h5-6,12H,7-10H2,1-4H3. The maximum atomic E-state index is 12.3. The largest absolute Gasteiger partial charge is 0.347 e. The molecule has 0 spiro atoms. The van der Waals surface area contributed by atoms with E-state index in [1.165, 1.54) is 6.92 Å². The summed E-state index contributed by atoms with van der Waals surface area (Å²) in [6.45, 7) is 4.08. The molecule has 1 saturated heterocycles. The molecule has 1 atom stereocenters. The second-order valence-corrected chi connectivity index (χ2v) is 5.65. The summed E-state index contributed by atoms with van der Waals surface area (Å²) in [6, 6.07) is -0.411. The van der Waals surface area contributed by atoms with E-state index in [0.29, 0.717) is 19.6 Å². The number of aromatic nitrogens is 2. The zero-order valence-electron chi connectivity index (χ0n) is 13.1. The van der Waals surface area contributed by atoms with Gasteiger partial charge >= 0.3 is 0 Å². The number of carbonyl (C=O) groups excluding carboxylic acids is 2. The van der Waals surface area contributed by atoms with E-state index in [1.807, 2.05) is 17.8 Å². The van der Waals surface area contributed by atoms with Gasteiger partial charge in [0.2, 0.25) is 11.8 Å². The minimum atomic E-state index is -0.411. The smallest absolute Gasteiger partial charge is 0.246 e. The quantitative estimate of drug-likeness (QED) is 0.757. The lowest BCUT2D eigenvalue weighted by molar-refractivity contribution is -0.146. The number of nitrogens with zero attached hydrogens (tertiary/aromatic N) is 5. The summed E-state index contributed by atoms with van der Waals surface area (Å²) in [6.07, 6.45) is 3.67. The normalized spacial score (nSPS) is 19.6. The summed E-state index contributed by atoms with van der Waals surface area (Å²) in [7, 11) is 5.40. The third-order valence-electron chi connectivity index (χ3n) is 3.88. The van der Waals surface area contributed by atoms with Gasteiger partial charge in [0.1, 0.15) is 11.9 Å². The molecule has 2 amide bonds. The summed E-state index contributed by atoms with van der Waals surface area (Å²) >= 11 is 0. The molecule has 0 radical (unpaired) electrons. The number of amides is 2. The summed E-state index contributed by atoms with van der Waals surface area (Å²) in [5, 5.41) is 0. The minimum absolute atomic E-state index is 0.0326. The van der Waals surface area contributed by atoms with Crippen LogP contribution >= 0.6 is 0 Å². The van der Waals surface area contributed by atoms with Gasteiger partial charge in [-0.05, 0) is 0 Å². The number of imidazole rings is 1. The summed E-state index contributed by atoms with van der Waals surface area (Å²) < 4.78 is 1.97. The molecule has 1 unspecified atom stereocenters. The topological polar surface area (TPSA) is 61.7 Å². The van der Waals surface area contributed by atoms with Crippen LogP contribution in [-0.2, 0) is 23.2 Å². The van der Waals surface area contributed by atoms with E-state index in [1.54, 1.807) is 30.1 Å². The predicted octanol–water partition coefficient (Wildman–Crippen LogP) is -0.459. The maximum Gasteiger partial charge on any atom is 0.246 e. The van der Waals surface area contributed by atoms with Gasteiger partial charge in [-0.3, -0.25) is 14.5 Å². The molecule has 0 aliphatic carbocycles. The Labute approximate surface area is 125 Å². The van der Waals surface area contributed by atoms with Gasteiger partial charge in [0, 0.05) is 60.1 Å². The Morgan fingerprint density at radius 2 is 2.10 bits per heavy atom. The Kier molecular flexibility index (Phi) is 4.62. The van der Waals surface area contributed by atoms with Crippen LogP contribution in [0.2, 0.25) is 0 Å². The third-order valence-corrected chi connectivity index (χ3v) is 3.88. The SMILES string of the molecule is CC(=O)N1CCN(Cc2nccn2C)CC1C(=O)N(C)C. The molecule has 1 aromatic heterocycles. The Bertz CT molecular complexity index is 525. The van der Waals surface area contributed by atoms with Crippen molar-refractivity contribution in [2.24, 2.45) is 7.05 Å². The van der Waals surface area contributed by atoms with Crippen LogP contribution in [0.5, 0.6) is 0 Å². The number of rotatable bonds is 3. The van der Waals surface area contributed by atoms with E-state index < -0.39 is 6.04 Å². The van der Waals surface area contributed by atoms with Gasteiger partial charge in [-0.25, -0.2) is 4.98 Å². The molecule has 0 N–H and O–H groups in total. The Hall–Kier alpha value is -1.89. The lowest BCUT2D eigenvalue weighted by atomic mass is 10.1. The van der Waals surface area contributed by atoms with Crippen LogP contribution in [0.25, 0.3) is 0 Å². The van der Waals surface area contributed by atoms with Crippen molar-refractivity contribution in [1.29, 1.82) is 0 Å². The third kappa shape index (κ3) is 3.41. The van der Waals surface area contributed by atoms with Crippen LogP contribution < -0.4 is 0 Å². The number of hydrogen-bond donors (Lipinski definition) is 0. The predicted molar refractivity (Wildman–Crippen MR) is 78.4 cm³/mol. The first kappa shape index (κ1) is 15.5. The zero-order valence-corrected chi connectivity index (χ0v) is 13.1. The van der Waals surface area contributed by atoms with Crippen molar-refractivity contribution >= 4 is 11.8 Å². The Morgan fingerprint density at radius 3 is 2.62 bits per heavy atom. The Morgan fingerprint density at radius 1 is 1.38 bits per heavy atom. The molecule has 2 rings (SSSR count). The summed E-state index contributed by atoms with van der Waals surface area (Å²) in [5.41, 5.74) is 0. The van der Waals surface area contributed by atoms with Gasteiger partial charge in [0.05, 0.1) is 6.54 Å². The van der Waals surface area contributed by atoms with Crippen LogP contribution in [-0.4, -0.2) is 75.8 Å². The minimum Gasteiger partial charge on any atom is -0.347 e. The summed E-state index contributed by atoms with van der Waals surface area (Å²) in [4.78, 5) is 33.7. The van der Waals surface area contributed by atoms with Crippen molar-refractivity contribution in [1.82, 2.24) is 24.3 Å². The number of hydrogen-bond acceptors (Lipinski definition) is 4. The van der Waals surface area contributed by atoms with E-state index in [9.17, 15) is 9.59 Å². The summed E-state index contributed by atoms with van der Waals surface area (Å²) in [5.74, 6) is 0.879. The van der Waals surface area contributed by atoms with Crippen LogP contribution in [0, 0.1) is 0 Å². The van der Waals surface area contributed by atoms with Crippen LogP contribution in [0.1, 0.15) is 12.7 Å². The molecule has 21 heavy (non-hydrogen) atoms. The van der Waals surface area contributed by atoms with Gasteiger partial charge < -0.3 is 14.4 Å². The molecule has 2 heterocycles. The molecule has 1 aromatic rings. The second-order valence-electron chi connectivity index (χ2n) is 5.65. The van der Waals surface area contributed by atoms with E-state index in [-0.39, 0.29) is 11.8 Å². The average molecular weight is 293 g/mol. The fourth-order valence-electron chi connectivity index (χ4n) is 2.62. The highest BCUT2D eigenvalue weighted by molar-refractivity contribution is 5.87. The highest BCUT2D eigenvalue weighted by atomic mass is 16.2. The van der Waals surface area contributed by atoms with Crippen LogP contribution in [0.3, 0.4) is 0 Å². The highest BCUT2D eigenvalue weighted by Crippen LogP contribution is 2.14. The highest BCUT2D eigenvalue weighted by Gasteiger charge is 2.34. The number of piperazine rings is 1. The first-order valence-electron chi connectivity index (χ1n) is 7.07. The van der Waals surface area contributed by atoms with Crippen molar-refractivity contribution in [2.45, 2.75) is 19.5 Å². The first-order chi connectivity index (χ1) is 9.90. The van der Waals surface area contributed by atoms with Crippen LogP contribution in [0.15, 0.2) is 12.4 Å². The van der Waals surface area contributed by atoms with E-state index >= 15 is 0 Å². The molecule has 0 saturated carbocycles. The molecule has 1 aliphatic rings. The lowest BCUT2D eigenvalue weighted by Gasteiger charge is -2.40. The molecule has 7 nitrogen and oxygen atoms in total. The van der Waals surface area contributed by atoms with Crippen molar-refractivity contribution in [3.05, 3.63) is 18.2 Å². The molecular formula is C14H23N5O2. The monoisotopic (exact) mass is 293 g/mol. The number of carbonyl (C=O) groups is 2. The van der Waals surface area contributed by atoms with E-state index in [2.05, 4.69) is 9.88 Å². The van der Waals surface area contributed by atoms with Crippen molar-refractivity contribution in [3.63, 3.8) is 0 Å². The molecular weight excluding hydrogens is 270 g/mol. The van der Waals surface area contributed by atoms with Crippen molar-refractivity contribution in [3.8, 4) is 0 Å². The maximum absolute atomic E-state index is 12.3. The van der Waals surface area contributed by atoms with Crippen molar-refractivity contribution < 1.29 is 9.59 Å². The van der Waals surface area contributed by atoms with Gasteiger partial charge in [-0.15, -0.1) is 0 Å². The molecule has 0 bridgehead atoms. The van der Waals surface area contributed by atoms with Gasteiger partial charge in [0.15, 0.2) is 0 Å². The molecule has 0 aromatic carbocycles. The second kappa shape index (κ2) is 6.26. The average Bonchev–Trinajstić information content (AvgIpc) is 2.83. The van der Waals surface area contributed by atoms with Gasteiger partial charge in [-0.2, -0.15) is 0 Å². The van der Waals surface area contributed by atoms with Crippen molar-refractivity contribution in [2.75, 3.05) is 33.7 Å². The fourth-order valence-corrected chi connectivity index (χ4v) is 2.62. The van der Waals surface area contributed by atoms with Gasteiger partial charge in [-0.1, -0.05) is 0 Å². The lowest BCUT2D eigenvalue weighted by Crippen LogP contribution is -2.59. The Balaban J connectivity index is 2.10. The number of aryl methyl sites for hydroxylation is 1. The molecule has 116 valence electrons. The van der Waals surface area contributed by atoms with Gasteiger partial charge in [0.25, 0.3) is 0 Å². The molecule has 1 fully saturated rings. The molecule has 1 aliphatic heterocycles. The number of likely N-dealkylation sites (N-methyl/N-ethyl adjacent to an activating group) is 1. The van der Waals surface area contributed by atoms with E-state index in [0.717, 1.165) is 12.4 Å². The fraction of sp³-hybridized carbons (Fsp3) is 0.643. The van der Waals surface area contributed by atoms with E-state index in [4.69, 9.17) is 0 Å².